The summed E-state index contributed by atoms with van der Waals surface area (Å²) in [4.78, 5) is 14.3. The molecule has 1 aliphatic rings. The van der Waals surface area contributed by atoms with Gasteiger partial charge in [-0.1, -0.05) is 30.3 Å². The number of nitrogens with zero attached hydrogens (tertiary/aromatic N) is 1. The Morgan fingerprint density at radius 3 is 2.79 bits per heavy atom. The van der Waals surface area contributed by atoms with Gasteiger partial charge in [0.2, 0.25) is 5.91 Å². The highest BCUT2D eigenvalue weighted by Gasteiger charge is 2.28. The molecule has 4 heteroatoms. The smallest absolute Gasteiger partial charge is 0.224 e. The summed E-state index contributed by atoms with van der Waals surface area (Å²) in [5.74, 6) is 0.150. The van der Waals surface area contributed by atoms with E-state index in [0.717, 1.165) is 18.7 Å². The van der Waals surface area contributed by atoms with E-state index in [1.54, 1.807) is 0 Å². The van der Waals surface area contributed by atoms with Crippen molar-refractivity contribution in [3.8, 4) is 0 Å². The molecular weight excluding hydrogens is 238 g/mol. The standard InChI is InChI=1S/C15H23N3O/c1-11-12(2)18(9-8-17-11)15(19)10-14(16)13-6-4-3-5-7-13/h3-7,11-12,14,17H,8-10,16H2,1-2H3. The Morgan fingerprint density at radius 1 is 1.42 bits per heavy atom. The van der Waals surface area contributed by atoms with Crippen LogP contribution in [0.4, 0.5) is 0 Å². The molecule has 0 aromatic heterocycles. The molecule has 3 N–H and O–H groups in total. The van der Waals surface area contributed by atoms with Gasteiger partial charge in [0.25, 0.3) is 0 Å². The fraction of sp³-hybridized carbons (Fsp3) is 0.533. The first kappa shape index (κ1) is 14.0. The first-order chi connectivity index (χ1) is 9.09. The lowest BCUT2D eigenvalue weighted by molar-refractivity contribution is -0.135. The lowest BCUT2D eigenvalue weighted by Crippen LogP contribution is -2.57. The number of nitrogens with two attached hydrogens (primary N) is 1. The number of carbonyl (C=O) groups is 1. The monoisotopic (exact) mass is 261 g/mol. The molecule has 1 aliphatic heterocycles. The SMILES string of the molecule is CC1NCCN(C(=O)CC(N)c2ccccc2)C1C. The number of amides is 1. The second-order valence-electron chi connectivity index (χ2n) is 5.29. The third-order valence-electron chi connectivity index (χ3n) is 3.98. The molecule has 4 nitrogen and oxygen atoms in total. The largest absolute Gasteiger partial charge is 0.337 e. The molecule has 0 bridgehead atoms. The molecule has 2 rings (SSSR count). The van der Waals surface area contributed by atoms with Gasteiger partial charge in [0, 0.05) is 37.6 Å². The minimum absolute atomic E-state index is 0.150. The average Bonchev–Trinajstić information content (AvgIpc) is 2.42. The van der Waals surface area contributed by atoms with Crippen molar-refractivity contribution in [2.75, 3.05) is 13.1 Å². The Hall–Kier alpha value is -1.39. The van der Waals surface area contributed by atoms with Gasteiger partial charge in [0.1, 0.15) is 0 Å². The van der Waals surface area contributed by atoms with Gasteiger partial charge in [-0.3, -0.25) is 4.79 Å². The molecule has 1 aromatic rings. The van der Waals surface area contributed by atoms with Crippen LogP contribution in [0.2, 0.25) is 0 Å². The summed E-state index contributed by atoms with van der Waals surface area (Å²) in [6.07, 6.45) is 0.376. The minimum Gasteiger partial charge on any atom is -0.337 e. The normalized spacial score (nSPS) is 25.1. The van der Waals surface area contributed by atoms with E-state index in [-0.39, 0.29) is 18.0 Å². The van der Waals surface area contributed by atoms with Crippen LogP contribution in [0.15, 0.2) is 30.3 Å². The van der Waals surface area contributed by atoms with E-state index in [1.165, 1.54) is 0 Å². The van der Waals surface area contributed by atoms with Crippen LogP contribution in [-0.2, 0) is 4.79 Å². The van der Waals surface area contributed by atoms with E-state index in [1.807, 2.05) is 35.2 Å². The van der Waals surface area contributed by atoms with Crippen molar-refractivity contribution in [1.82, 2.24) is 10.2 Å². The molecule has 1 aromatic carbocycles. The number of nitrogens with one attached hydrogen (secondary N) is 1. The summed E-state index contributed by atoms with van der Waals surface area (Å²) in [5.41, 5.74) is 7.14. The van der Waals surface area contributed by atoms with Gasteiger partial charge >= 0.3 is 0 Å². The van der Waals surface area contributed by atoms with Crippen LogP contribution >= 0.6 is 0 Å². The van der Waals surface area contributed by atoms with Crippen LogP contribution in [0.5, 0.6) is 0 Å². The van der Waals surface area contributed by atoms with Gasteiger partial charge in [0.15, 0.2) is 0 Å². The Bertz CT molecular complexity index is 421. The number of rotatable bonds is 3. The zero-order chi connectivity index (χ0) is 13.8. The van der Waals surface area contributed by atoms with Crippen molar-refractivity contribution >= 4 is 5.91 Å². The van der Waals surface area contributed by atoms with Gasteiger partial charge < -0.3 is 16.0 Å². The Kier molecular flexibility index (Phi) is 4.56. The lowest BCUT2D eigenvalue weighted by atomic mass is 10.0. The first-order valence-electron chi connectivity index (χ1n) is 6.93. The van der Waals surface area contributed by atoms with Crippen molar-refractivity contribution in [3.63, 3.8) is 0 Å². The molecule has 1 fully saturated rings. The predicted molar refractivity (Wildman–Crippen MR) is 76.6 cm³/mol. The molecule has 0 saturated carbocycles. The summed E-state index contributed by atoms with van der Waals surface area (Å²) in [5, 5.41) is 3.38. The number of carbonyl (C=O) groups excluding carboxylic acids is 1. The highest BCUT2D eigenvalue weighted by molar-refractivity contribution is 5.77. The first-order valence-corrected chi connectivity index (χ1v) is 6.93. The van der Waals surface area contributed by atoms with Crippen LogP contribution in [0, 0.1) is 0 Å². The molecule has 1 heterocycles. The zero-order valence-corrected chi connectivity index (χ0v) is 11.7. The lowest BCUT2D eigenvalue weighted by Gasteiger charge is -2.39. The van der Waals surface area contributed by atoms with Crippen molar-refractivity contribution in [1.29, 1.82) is 0 Å². The maximum absolute atomic E-state index is 12.4. The topological polar surface area (TPSA) is 58.4 Å². The Balaban J connectivity index is 1.97. The molecule has 3 atom stereocenters. The van der Waals surface area contributed by atoms with Gasteiger partial charge in [-0.05, 0) is 19.4 Å². The van der Waals surface area contributed by atoms with E-state index >= 15 is 0 Å². The van der Waals surface area contributed by atoms with Crippen molar-refractivity contribution in [3.05, 3.63) is 35.9 Å². The summed E-state index contributed by atoms with van der Waals surface area (Å²) in [6, 6.07) is 10.2. The van der Waals surface area contributed by atoms with Crippen LogP contribution in [-0.4, -0.2) is 36.0 Å². The number of piperazine rings is 1. The van der Waals surface area contributed by atoms with Crippen LogP contribution in [0.25, 0.3) is 0 Å². The van der Waals surface area contributed by atoms with E-state index in [0.29, 0.717) is 12.5 Å². The van der Waals surface area contributed by atoms with E-state index < -0.39 is 0 Å². The summed E-state index contributed by atoms with van der Waals surface area (Å²) >= 11 is 0. The van der Waals surface area contributed by atoms with Crippen molar-refractivity contribution in [2.24, 2.45) is 5.73 Å². The number of benzene rings is 1. The highest BCUT2D eigenvalue weighted by Crippen LogP contribution is 2.17. The zero-order valence-electron chi connectivity index (χ0n) is 11.7. The quantitative estimate of drug-likeness (QED) is 0.862. The van der Waals surface area contributed by atoms with Crippen LogP contribution < -0.4 is 11.1 Å². The van der Waals surface area contributed by atoms with Crippen molar-refractivity contribution < 1.29 is 4.79 Å². The third kappa shape index (κ3) is 3.33. The molecule has 0 radical (unpaired) electrons. The molecule has 19 heavy (non-hydrogen) atoms. The van der Waals surface area contributed by atoms with Gasteiger partial charge in [-0.2, -0.15) is 0 Å². The minimum atomic E-state index is -0.217. The predicted octanol–water partition coefficient (Wildman–Crippen LogP) is 1.29. The fourth-order valence-electron chi connectivity index (χ4n) is 2.53. The van der Waals surface area contributed by atoms with Crippen LogP contribution in [0.3, 0.4) is 0 Å². The molecule has 0 aliphatic carbocycles. The molecule has 0 spiro atoms. The van der Waals surface area contributed by atoms with Gasteiger partial charge in [-0.25, -0.2) is 0 Å². The molecule has 1 amide bonds. The van der Waals surface area contributed by atoms with Gasteiger partial charge in [-0.15, -0.1) is 0 Å². The van der Waals surface area contributed by atoms with Gasteiger partial charge in [0.05, 0.1) is 0 Å². The third-order valence-corrected chi connectivity index (χ3v) is 3.98. The summed E-state index contributed by atoms with van der Waals surface area (Å²) < 4.78 is 0. The molecule has 3 unspecified atom stereocenters. The van der Waals surface area contributed by atoms with E-state index in [9.17, 15) is 4.79 Å². The summed E-state index contributed by atoms with van der Waals surface area (Å²) in [6.45, 7) is 5.83. The van der Waals surface area contributed by atoms with Crippen LogP contribution in [0.1, 0.15) is 31.9 Å². The molecule has 104 valence electrons. The fourth-order valence-corrected chi connectivity index (χ4v) is 2.53. The average molecular weight is 261 g/mol. The number of hydrogen-bond donors (Lipinski definition) is 2. The summed E-state index contributed by atoms with van der Waals surface area (Å²) in [7, 11) is 0. The van der Waals surface area contributed by atoms with E-state index in [2.05, 4.69) is 19.2 Å². The molecule has 1 saturated heterocycles. The Labute approximate surface area is 115 Å². The second-order valence-corrected chi connectivity index (χ2v) is 5.29. The maximum Gasteiger partial charge on any atom is 0.224 e. The second kappa shape index (κ2) is 6.17. The molecular formula is C15H23N3O. The maximum atomic E-state index is 12.4. The Morgan fingerprint density at radius 2 is 2.11 bits per heavy atom. The number of hydrogen-bond acceptors (Lipinski definition) is 3. The van der Waals surface area contributed by atoms with E-state index in [4.69, 9.17) is 5.73 Å². The van der Waals surface area contributed by atoms with Crippen molar-refractivity contribution in [2.45, 2.75) is 38.4 Å². The highest BCUT2D eigenvalue weighted by atomic mass is 16.2.